The van der Waals surface area contributed by atoms with E-state index in [0.29, 0.717) is 12.8 Å². The standard InChI is InChI=1S/C15H24N2O2/c16-11-5-4-6-12(11)17-13(18)9-15(10-14(17)19)7-2-1-3-8-15/h11-12H,1-10,16H2. The Morgan fingerprint density at radius 2 is 1.58 bits per heavy atom. The monoisotopic (exact) mass is 264 g/mol. The van der Waals surface area contributed by atoms with Crippen molar-refractivity contribution in [2.24, 2.45) is 11.1 Å². The zero-order chi connectivity index (χ0) is 13.5. The van der Waals surface area contributed by atoms with E-state index in [1.54, 1.807) is 0 Å². The van der Waals surface area contributed by atoms with Crippen molar-refractivity contribution in [1.82, 2.24) is 4.90 Å². The molecule has 1 saturated heterocycles. The van der Waals surface area contributed by atoms with E-state index in [2.05, 4.69) is 0 Å². The van der Waals surface area contributed by atoms with Gasteiger partial charge in [-0.2, -0.15) is 0 Å². The van der Waals surface area contributed by atoms with Gasteiger partial charge in [-0.25, -0.2) is 0 Å². The molecule has 4 nitrogen and oxygen atoms in total. The van der Waals surface area contributed by atoms with Crippen molar-refractivity contribution in [2.45, 2.75) is 76.3 Å². The molecule has 1 heterocycles. The van der Waals surface area contributed by atoms with Crippen LogP contribution in [0.25, 0.3) is 0 Å². The molecule has 106 valence electrons. The minimum Gasteiger partial charge on any atom is -0.326 e. The largest absolute Gasteiger partial charge is 0.326 e. The minimum atomic E-state index is -0.0269. The van der Waals surface area contributed by atoms with Crippen molar-refractivity contribution in [3.8, 4) is 0 Å². The first-order chi connectivity index (χ1) is 9.11. The van der Waals surface area contributed by atoms with Gasteiger partial charge in [-0.1, -0.05) is 19.3 Å². The summed E-state index contributed by atoms with van der Waals surface area (Å²) in [5.41, 5.74) is 6.05. The lowest BCUT2D eigenvalue weighted by molar-refractivity contribution is -0.157. The van der Waals surface area contributed by atoms with Crippen LogP contribution in [0.2, 0.25) is 0 Å². The van der Waals surface area contributed by atoms with Crippen LogP contribution < -0.4 is 5.73 Å². The van der Waals surface area contributed by atoms with Gasteiger partial charge < -0.3 is 5.73 Å². The molecular formula is C15H24N2O2. The molecule has 3 fully saturated rings. The van der Waals surface area contributed by atoms with Crippen LogP contribution >= 0.6 is 0 Å². The number of likely N-dealkylation sites (tertiary alicyclic amines) is 1. The van der Waals surface area contributed by atoms with Crippen molar-refractivity contribution >= 4 is 11.8 Å². The second-order valence-electron chi connectivity index (χ2n) is 6.73. The molecule has 0 aromatic carbocycles. The van der Waals surface area contributed by atoms with Gasteiger partial charge >= 0.3 is 0 Å². The highest BCUT2D eigenvalue weighted by Gasteiger charge is 2.47. The number of nitrogens with zero attached hydrogens (tertiary/aromatic N) is 1. The lowest BCUT2D eigenvalue weighted by atomic mass is 9.67. The third kappa shape index (κ3) is 2.31. The molecule has 3 aliphatic rings. The molecule has 0 aromatic heterocycles. The summed E-state index contributed by atoms with van der Waals surface area (Å²) in [6.07, 6.45) is 9.70. The van der Waals surface area contributed by atoms with Crippen molar-refractivity contribution < 1.29 is 9.59 Å². The van der Waals surface area contributed by atoms with Crippen LogP contribution in [0.15, 0.2) is 0 Å². The van der Waals surface area contributed by atoms with E-state index in [0.717, 1.165) is 32.1 Å². The molecule has 2 amide bonds. The molecule has 0 radical (unpaired) electrons. The Kier molecular flexibility index (Phi) is 3.37. The van der Waals surface area contributed by atoms with E-state index in [-0.39, 0.29) is 29.3 Å². The van der Waals surface area contributed by atoms with E-state index in [1.807, 2.05) is 0 Å². The highest BCUT2D eigenvalue weighted by atomic mass is 16.2. The van der Waals surface area contributed by atoms with E-state index < -0.39 is 0 Å². The first kappa shape index (κ1) is 13.1. The van der Waals surface area contributed by atoms with Crippen molar-refractivity contribution in [3.63, 3.8) is 0 Å². The predicted molar refractivity (Wildman–Crippen MR) is 72.2 cm³/mol. The Morgan fingerprint density at radius 1 is 0.947 bits per heavy atom. The van der Waals surface area contributed by atoms with Crippen LogP contribution in [0.1, 0.15) is 64.2 Å². The fourth-order valence-electron chi connectivity index (χ4n) is 4.33. The van der Waals surface area contributed by atoms with Gasteiger partial charge in [0.15, 0.2) is 0 Å². The predicted octanol–water partition coefficient (Wildman–Crippen LogP) is 1.97. The summed E-state index contributed by atoms with van der Waals surface area (Å²) in [6, 6.07) is -0.0331. The molecule has 3 rings (SSSR count). The first-order valence-corrected chi connectivity index (χ1v) is 7.72. The molecule has 2 unspecified atom stereocenters. The first-order valence-electron chi connectivity index (χ1n) is 7.72. The van der Waals surface area contributed by atoms with Gasteiger partial charge in [-0.05, 0) is 37.5 Å². The second kappa shape index (κ2) is 4.89. The van der Waals surface area contributed by atoms with Gasteiger partial charge in [0.25, 0.3) is 0 Å². The smallest absolute Gasteiger partial charge is 0.230 e. The summed E-state index contributed by atoms with van der Waals surface area (Å²) in [4.78, 5) is 26.4. The molecule has 4 heteroatoms. The second-order valence-corrected chi connectivity index (χ2v) is 6.73. The number of hydrogen-bond acceptors (Lipinski definition) is 3. The quantitative estimate of drug-likeness (QED) is 0.736. The molecule has 1 aliphatic heterocycles. The zero-order valence-corrected chi connectivity index (χ0v) is 11.6. The summed E-state index contributed by atoms with van der Waals surface area (Å²) >= 11 is 0. The Hall–Kier alpha value is -0.900. The SMILES string of the molecule is NC1CCCC1N1C(=O)CC2(CCCCC2)CC1=O. The number of nitrogens with two attached hydrogens (primary N) is 1. The Labute approximate surface area is 114 Å². The van der Waals surface area contributed by atoms with Crippen molar-refractivity contribution in [2.75, 3.05) is 0 Å². The maximum atomic E-state index is 12.5. The molecule has 0 aromatic rings. The maximum Gasteiger partial charge on any atom is 0.230 e. The molecule has 19 heavy (non-hydrogen) atoms. The van der Waals surface area contributed by atoms with E-state index in [4.69, 9.17) is 5.73 Å². The molecule has 2 saturated carbocycles. The van der Waals surface area contributed by atoms with E-state index >= 15 is 0 Å². The van der Waals surface area contributed by atoms with Crippen LogP contribution in [0.5, 0.6) is 0 Å². The number of rotatable bonds is 1. The topological polar surface area (TPSA) is 63.4 Å². The highest BCUT2D eigenvalue weighted by molar-refractivity contribution is 5.99. The number of carbonyl (C=O) groups excluding carboxylic acids is 2. The Balaban J connectivity index is 1.76. The lowest BCUT2D eigenvalue weighted by Gasteiger charge is -2.44. The number of hydrogen-bond donors (Lipinski definition) is 1. The fraction of sp³-hybridized carbons (Fsp3) is 0.867. The number of piperidine rings is 1. The van der Waals surface area contributed by atoms with Gasteiger partial charge in [0.1, 0.15) is 0 Å². The zero-order valence-electron chi connectivity index (χ0n) is 11.6. The highest BCUT2D eigenvalue weighted by Crippen LogP contribution is 2.46. The van der Waals surface area contributed by atoms with Gasteiger partial charge in [0.2, 0.25) is 11.8 Å². The Morgan fingerprint density at radius 3 is 2.11 bits per heavy atom. The lowest BCUT2D eigenvalue weighted by Crippen LogP contribution is -2.56. The van der Waals surface area contributed by atoms with Crippen LogP contribution in [0.3, 0.4) is 0 Å². The number of amides is 2. The van der Waals surface area contributed by atoms with E-state index in [1.165, 1.54) is 24.2 Å². The molecule has 2 aliphatic carbocycles. The molecule has 2 atom stereocenters. The number of imide groups is 1. The van der Waals surface area contributed by atoms with Gasteiger partial charge in [-0.15, -0.1) is 0 Å². The normalized spacial score (nSPS) is 35.1. The van der Waals surface area contributed by atoms with Crippen LogP contribution in [-0.4, -0.2) is 28.8 Å². The molecule has 1 spiro atoms. The summed E-state index contributed by atoms with van der Waals surface area (Å²) < 4.78 is 0. The van der Waals surface area contributed by atoms with E-state index in [9.17, 15) is 9.59 Å². The third-order valence-electron chi connectivity index (χ3n) is 5.37. The summed E-state index contributed by atoms with van der Waals surface area (Å²) in [5, 5.41) is 0. The van der Waals surface area contributed by atoms with Crippen molar-refractivity contribution in [3.05, 3.63) is 0 Å². The maximum absolute atomic E-state index is 12.5. The van der Waals surface area contributed by atoms with Gasteiger partial charge in [0, 0.05) is 18.9 Å². The molecular weight excluding hydrogens is 240 g/mol. The minimum absolute atomic E-state index is 0.00620. The third-order valence-corrected chi connectivity index (χ3v) is 5.37. The van der Waals surface area contributed by atoms with Crippen molar-refractivity contribution in [1.29, 1.82) is 0 Å². The molecule has 0 bridgehead atoms. The average Bonchev–Trinajstić information content (AvgIpc) is 2.75. The summed E-state index contributed by atoms with van der Waals surface area (Å²) in [7, 11) is 0. The van der Waals surface area contributed by atoms with Gasteiger partial charge in [-0.3, -0.25) is 14.5 Å². The fourth-order valence-corrected chi connectivity index (χ4v) is 4.33. The number of carbonyl (C=O) groups is 2. The van der Waals surface area contributed by atoms with Crippen LogP contribution in [0, 0.1) is 5.41 Å². The van der Waals surface area contributed by atoms with Crippen LogP contribution in [0.4, 0.5) is 0 Å². The summed E-state index contributed by atoms with van der Waals surface area (Å²) in [5.74, 6) is 0.0843. The summed E-state index contributed by atoms with van der Waals surface area (Å²) in [6.45, 7) is 0. The average molecular weight is 264 g/mol. The van der Waals surface area contributed by atoms with Gasteiger partial charge in [0.05, 0.1) is 6.04 Å². The Bertz CT molecular complexity index is 368. The molecule has 2 N–H and O–H groups in total. The van der Waals surface area contributed by atoms with Crippen LogP contribution in [-0.2, 0) is 9.59 Å².